The van der Waals surface area contributed by atoms with Crippen LogP contribution in [0.4, 0.5) is 0 Å². The van der Waals surface area contributed by atoms with Crippen LogP contribution in [0.3, 0.4) is 0 Å². The molecule has 0 nitrogen and oxygen atoms in total. The fourth-order valence-electron chi connectivity index (χ4n) is 0.548. The van der Waals surface area contributed by atoms with Crippen LogP contribution in [0.5, 0.6) is 0 Å². The third-order valence-corrected chi connectivity index (χ3v) is 1.57. The van der Waals surface area contributed by atoms with E-state index in [1.165, 1.54) is 11.1 Å². The largest absolute Gasteiger partial charge is 0.0958 e. The summed E-state index contributed by atoms with van der Waals surface area (Å²) in [7, 11) is 0. The molecule has 0 unspecified atom stereocenters. The Morgan fingerprint density at radius 2 is 1.70 bits per heavy atom. The van der Waals surface area contributed by atoms with E-state index in [4.69, 9.17) is 0 Å². The van der Waals surface area contributed by atoms with Crippen molar-refractivity contribution in [3.05, 3.63) is 35.5 Å². The van der Waals surface area contributed by atoms with Crippen molar-refractivity contribution in [2.75, 3.05) is 0 Å². The van der Waals surface area contributed by atoms with Crippen molar-refractivity contribution in [2.45, 2.75) is 27.7 Å². The van der Waals surface area contributed by atoms with Gasteiger partial charge in [0.25, 0.3) is 0 Å². The molecule has 0 saturated heterocycles. The summed E-state index contributed by atoms with van der Waals surface area (Å²) in [6, 6.07) is 0. The predicted molar refractivity (Wildman–Crippen MR) is 48.0 cm³/mol. The Labute approximate surface area is 64.0 Å². The van der Waals surface area contributed by atoms with Crippen LogP contribution in [0.25, 0.3) is 0 Å². The molecule has 0 aliphatic heterocycles. The lowest BCUT2D eigenvalue weighted by atomic mass is 10.1. The first-order chi connectivity index (χ1) is 4.57. The second kappa shape index (κ2) is 4.10. The highest BCUT2D eigenvalue weighted by molar-refractivity contribution is 5.31. The molecule has 0 bridgehead atoms. The molecule has 0 aromatic heterocycles. The van der Waals surface area contributed by atoms with Crippen molar-refractivity contribution in [3.8, 4) is 0 Å². The Bertz CT molecular complexity index is 180. The van der Waals surface area contributed by atoms with Crippen LogP contribution < -0.4 is 0 Å². The van der Waals surface area contributed by atoms with E-state index in [1.807, 2.05) is 13.8 Å². The first-order valence-electron chi connectivity index (χ1n) is 3.55. The molecular weight excluding hydrogens is 120 g/mol. The number of hydrogen-bond acceptors (Lipinski definition) is 0. The van der Waals surface area contributed by atoms with E-state index < -0.39 is 0 Å². The monoisotopic (exact) mass is 136 g/mol. The maximum Gasteiger partial charge on any atom is -0.0395 e. The van der Waals surface area contributed by atoms with Crippen LogP contribution in [-0.2, 0) is 0 Å². The average molecular weight is 136 g/mol. The van der Waals surface area contributed by atoms with E-state index >= 15 is 0 Å². The summed E-state index contributed by atoms with van der Waals surface area (Å²) >= 11 is 0. The lowest BCUT2D eigenvalue weighted by Gasteiger charge is -1.97. The number of rotatable bonds is 2. The molecule has 10 heavy (non-hydrogen) atoms. The second-order valence-electron chi connectivity index (χ2n) is 2.64. The third-order valence-electron chi connectivity index (χ3n) is 1.57. The Hall–Kier alpha value is -0.780. The number of allylic oxidation sites excluding steroid dienone is 5. The fourth-order valence-corrected chi connectivity index (χ4v) is 0.548. The van der Waals surface area contributed by atoms with Crippen LogP contribution in [0, 0.1) is 0 Å². The van der Waals surface area contributed by atoms with Crippen molar-refractivity contribution in [1.82, 2.24) is 0 Å². The Kier molecular flexibility index (Phi) is 3.78. The smallest absolute Gasteiger partial charge is 0.0395 e. The van der Waals surface area contributed by atoms with E-state index in [-0.39, 0.29) is 0 Å². The summed E-state index contributed by atoms with van der Waals surface area (Å²) in [6.45, 7) is 12.1. The molecule has 0 spiro atoms. The van der Waals surface area contributed by atoms with Crippen molar-refractivity contribution < 1.29 is 0 Å². The van der Waals surface area contributed by atoms with Crippen LogP contribution in [-0.4, -0.2) is 0 Å². The van der Waals surface area contributed by atoms with Crippen LogP contribution >= 0.6 is 0 Å². The third kappa shape index (κ3) is 3.29. The lowest BCUT2D eigenvalue weighted by Crippen LogP contribution is -1.77. The highest BCUT2D eigenvalue weighted by Gasteiger charge is 1.87. The summed E-state index contributed by atoms with van der Waals surface area (Å²) in [6.07, 6.45) is 4.23. The topological polar surface area (TPSA) is 0 Å². The molecule has 0 aliphatic carbocycles. The summed E-state index contributed by atoms with van der Waals surface area (Å²) < 4.78 is 0. The van der Waals surface area contributed by atoms with E-state index in [0.717, 1.165) is 5.57 Å². The van der Waals surface area contributed by atoms with Gasteiger partial charge in [0, 0.05) is 0 Å². The zero-order valence-corrected chi connectivity index (χ0v) is 7.36. The summed E-state index contributed by atoms with van der Waals surface area (Å²) in [5.74, 6) is 0. The van der Waals surface area contributed by atoms with Crippen molar-refractivity contribution in [1.29, 1.82) is 0 Å². The number of hydrogen-bond donors (Lipinski definition) is 0. The molecule has 56 valence electrons. The molecule has 0 atom stereocenters. The van der Waals surface area contributed by atoms with Gasteiger partial charge in [0.1, 0.15) is 0 Å². The van der Waals surface area contributed by atoms with Gasteiger partial charge in [-0.05, 0) is 33.3 Å². The molecule has 0 aromatic carbocycles. The molecule has 0 rings (SSSR count). The maximum atomic E-state index is 3.85. The maximum absolute atomic E-state index is 3.85. The van der Waals surface area contributed by atoms with Crippen molar-refractivity contribution in [3.63, 3.8) is 0 Å². The lowest BCUT2D eigenvalue weighted by molar-refractivity contribution is 1.33. The summed E-state index contributed by atoms with van der Waals surface area (Å²) in [4.78, 5) is 0. The quantitative estimate of drug-likeness (QED) is 0.510. The Balaban J connectivity index is 4.31. The summed E-state index contributed by atoms with van der Waals surface area (Å²) in [5, 5.41) is 0. The molecule has 0 aliphatic rings. The summed E-state index contributed by atoms with van der Waals surface area (Å²) in [5.41, 5.74) is 3.69. The van der Waals surface area contributed by atoms with Gasteiger partial charge in [0.15, 0.2) is 0 Å². The Morgan fingerprint density at radius 3 is 2.00 bits per heavy atom. The van der Waals surface area contributed by atoms with Crippen LogP contribution in [0.1, 0.15) is 27.7 Å². The van der Waals surface area contributed by atoms with Crippen LogP contribution in [0.15, 0.2) is 35.5 Å². The van der Waals surface area contributed by atoms with Gasteiger partial charge < -0.3 is 0 Å². The van der Waals surface area contributed by atoms with E-state index in [2.05, 4.69) is 32.6 Å². The highest BCUT2D eigenvalue weighted by Crippen LogP contribution is 2.08. The molecule has 0 aromatic rings. The minimum absolute atomic E-state index is 1.14. The standard InChI is InChI=1S/C10H16/c1-6-9(4)7-10(5)8(2)3/h6-7H,2H2,1,3-5H3/b9-6-,10-7-. The Morgan fingerprint density at radius 1 is 1.20 bits per heavy atom. The molecule has 0 heterocycles. The first kappa shape index (κ1) is 9.22. The second-order valence-corrected chi connectivity index (χ2v) is 2.64. The molecule has 0 N–H and O–H groups in total. The minimum atomic E-state index is 1.14. The van der Waals surface area contributed by atoms with Crippen molar-refractivity contribution in [2.24, 2.45) is 0 Å². The van der Waals surface area contributed by atoms with Gasteiger partial charge in [-0.25, -0.2) is 0 Å². The molecule has 0 fully saturated rings. The van der Waals surface area contributed by atoms with Gasteiger partial charge in [0.2, 0.25) is 0 Å². The molecular formula is C10H16. The molecule has 0 amide bonds. The zero-order valence-electron chi connectivity index (χ0n) is 7.36. The molecule has 0 radical (unpaired) electrons. The average Bonchev–Trinajstić information content (AvgIpc) is 1.87. The van der Waals surface area contributed by atoms with E-state index in [1.54, 1.807) is 0 Å². The van der Waals surface area contributed by atoms with Crippen molar-refractivity contribution >= 4 is 0 Å². The normalized spacial score (nSPS) is 13.6. The van der Waals surface area contributed by atoms with Gasteiger partial charge in [0.05, 0.1) is 0 Å². The SMILES string of the molecule is C=C(C)/C(C)=C\C(C)=C/C. The van der Waals surface area contributed by atoms with Gasteiger partial charge in [-0.15, -0.1) is 0 Å². The molecule has 0 saturated carbocycles. The minimum Gasteiger partial charge on any atom is -0.0958 e. The fraction of sp³-hybridized carbons (Fsp3) is 0.400. The predicted octanol–water partition coefficient (Wildman–Crippen LogP) is 3.48. The van der Waals surface area contributed by atoms with Gasteiger partial charge in [-0.2, -0.15) is 0 Å². The first-order valence-corrected chi connectivity index (χ1v) is 3.55. The van der Waals surface area contributed by atoms with Gasteiger partial charge in [-0.1, -0.05) is 29.9 Å². The highest BCUT2D eigenvalue weighted by atomic mass is 13.9. The van der Waals surface area contributed by atoms with Gasteiger partial charge >= 0.3 is 0 Å². The van der Waals surface area contributed by atoms with E-state index in [9.17, 15) is 0 Å². The van der Waals surface area contributed by atoms with Gasteiger partial charge in [-0.3, -0.25) is 0 Å². The molecule has 0 heteroatoms. The zero-order chi connectivity index (χ0) is 8.15. The van der Waals surface area contributed by atoms with Crippen LogP contribution in [0.2, 0.25) is 0 Å². The van der Waals surface area contributed by atoms with E-state index in [0.29, 0.717) is 0 Å².